The van der Waals surface area contributed by atoms with Crippen LogP contribution in [0.25, 0.3) is 11.0 Å². The third-order valence-electron chi connectivity index (χ3n) is 3.85. The number of hydrogen-bond donors (Lipinski definition) is 0. The Kier molecular flexibility index (Phi) is 2.59. The lowest BCUT2D eigenvalue weighted by molar-refractivity contribution is 0.643. The molecule has 0 saturated carbocycles. The fourth-order valence-electron chi connectivity index (χ4n) is 2.56. The number of hydrogen-bond acceptors (Lipinski definition) is 1. The summed E-state index contributed by atoms with van der Waals surface area (Å²) in [6.07, 6.45) is 4.11. The average Bonchev–Trinajstić information content (AvgIpc) is 3.03. The van der Waals surface area contributed by atoms with Gasteiger partial charge in [0, 0.05) is 26.5 Å². The van der Waals surface area contributed by atoms with Gasteiger partial charge >= 0.3 is 5.69 Å². The molecular formula is C15H17N3O. The summed E-state index contributed by atoms with van der Waals surface area (Å²) in [5.74, 6) is 0. The molecule has 0 aliphatic rings. The minimum absolute atomic E-state index is 0.0146. The molecule has 0 spiro atoms. The van der Waals surface area contributed by atoms with Gasteiger partial charge in [-0.3, -0.25) is 9.13 Å². The molecule has 98 valence electrons. The van der Waals surface area contributed by atoms with Crippen molar-refractivity contribution < 1.29 is 0 Å². The first kappa shape index (κ1) is 11.8. The Labute approximate surface area is 111 Å². The van der Waals surface area contributed by atoms with Crippen molar-refractivity contribution in [3.8, 4) is 0 Å². The fourth-order valence-corrected chi connectivity index (χ4v) is 2.56. The number of aromatic nitrogens is 3. The molecule has 1 aromatic carbocycles. The summed E-state index contributed by atoms with van der Waals surface area (Å²) in [5.41, 5.74) is 3.16. The third kappa shape index (κ3) is 1.71. The molecule has 4 nitrogen and oxygen atoms in total. The third-order valence-corrected chi connectivity index (χ3v) is 3.85. The van der Waals surface area contributed by atoms with E-state index in [1.807, 2.05) is 25.2 Å². The summed E-state index contributed by atoms with van der Waals surface area (Å²) in [6, 6.07) is 10.5. The zero-order chi connectivity index (χ0) is 13.6. The van der Waals surface area contributed by atoms with Crippen molar-refractivity contribution in [1.82, 2.24) is 13.7 Å². The van der Waals surface area contributed by atoms with E-state index in [-0.39, 0.29) is 11.7 Å². The molecule has 0 amide bonds. The van der Waals surface area contributed by atoms with Gasteiger partial charge in [0.1, 0.15) is 0 Å². The molecule has 0 aliphatic heterocycles. The first-order valence-corrected chi connectivity index (χ1v) is 6.37. The summed E-state index contributed by atoms with van der Waals surface area (Å²) >= 11 is 0. The Morgan fingerprint density at radius 3 is 2.32 bits per heavy atom. The van der Waals surface area contributed by atoms with E-state index in [4.69, 9.17) is 0 Å². The molecule has 0 aliphatic carbocycles. The number of fused-ring (bicyclic) bond motifs is 1. The van der Waals surface area contributed by atoms with Gasteiger partial charge in [-0.2, -0.15) is 0 Å². The van der Waals surface area contributed by atoms with Gasteiger partial charge in [0.25, 0.3) is 0 Å². The second-order valence-corrected chi connectivity index (χ2v) is 4.95. The van der Waals surface area contributed by atoms with Gasteiger partial charge in [0.05, 0.1) is 17.1 Å². The van der Waals surface area contributed by atoms with Crippen LogP contribution in [0.1, 0.15) is 18.5 Å². The second kappa shape index (κ2) is 4.16. The summed E-state index contributed by atoms with van der Waals surface area (Å²) < 4.78 is 5.53. The summed E-state index contributed by atoms with van der Waals surface area (Å²) in [6.45, 7) is 2.15. The van der Waals surface area contributed by atoms with Gasteiger partial charge in [-0.05, 0) is 36.8 Å². The molecule has 4 heteroatoms. The normalized spacial score (nSPS) is 13.0. The van der Waals surface area contributed by atoms with Crippen molar-refractivity contribution >= 4 is 11.0 Å². The highest BCUT2D eigenvalue weighted by atomic mass is 16.1. The first-order chi connectivity index (χ1) is 9.09. The highest BCUT2D eigenvalue weighted by molar-refractivity contribution is 5.77. The topological polar surface area (TPSA) is 31.9 Å². The molecule has 1 atom stereocenters. The molecule has 3 rings (SSSR count). The molecular weight excluding hydrogens is 238 g/mol. The molecule has 0 radical (unpaired) electrons. The van der Waals surface area contributed by atoms with Gasteiger partial charge in [-0.25, -0.2) is 4.79 Å². The summed E-state index contributed by atoms with van der Waals surface area (Å²) in [7, 11) is 3.62. The van der Waals surface area contributed by atoms with Crippen LogP contribution in [0.3, 0.4) is 0 Å². The summed E-state index contributed by atoms with van der Waals surface area (Å²) in [4.78, 5) is 11.9. The van der Waals surface area contributed by atoms with E-state index < -0.39 is 0 Å². The quantitative estimate of drug-likeness (QED) is 0.691. The maximum absolute atomic E-state index is 11.9. The summed E-state index contributed by atoms with van der Waals surface area (Å²) in [5, 5.41) is 0. The van der Waals surface area contributed by atoms with Gasteiger partial charge in [-0.15, -0.1) is 0 Å². The molecule has 0 N–H and O–H groups in total. The highest BCUT2D eigenvalue weighted by Gasteiger charge is 2.11. The molecule has 2 heterocycles. The highest BCUT2D eigenvalue weighted by Crippen LogP contribution is 2.22. The lowest BCUT2D eigenvalue weighted by atomic mass is 10.1. The van der Waals surface area contributed by atoms with E-state index >= 15 is 0 Å². The molecule has 0 bridgehead atoms. The van der Waals surface area contributed by atoms with Crippen molar-refractivity contribution in [2.75, 3.05) is 0 Å². The molecule has 0 saturated heterocycles. The van der Waals surface area contributed by atoms with Crippen LogP contribution in [0.15, 0.2) is 47.5 Å². The Morgan fingerprint density at radius 2 is 1.63 bits per heavy atom. The Bertz CT molecular complexity index is 778. The molecule has 2 aromatic heterocycles. The lowest BCUT2D eigenvalue weighted by Gasteiger charge is -2.14. The van der Waals surface area contributed by atoms with Crippen molar-refractivity contribution in [2.45, 2.75) is 13.0 Å². The standard InChI is InChI=1S/C15H17N3O/c1-11(18-8-4-5-9-18)12-6-7-13-14(10-12)17(3)15(19)16(13)2/h4-11H,1-3H3. The van der Waals surface area contributed by atoms with E-state index in [9.17, 15) is 4.79 Å². The Balaban J connectivity index is 2.17. The molecule has 3 aromatic rings. The van der Waals surface area contributed by atoms with Gasteiger partial charge < -0.3 is 4.57 Å². The van der Waals surface area contributed by atoms with Gasteiger partial charge in [0.2, 0.25) is 0 Å². The first-order valence-electron chi connectivity index (χ1n) is 6.37. The van der Waals surface area contributed by atoms with E-state index in [1.165, 1.54) is 5.56 Å². The second-order valence-electron chi connectivity index (χ2n) is 4.95. The van der Waals surface area contributed by atoms with Crippen molar-refractivity contribution in [2.24, 2.45) is 14.1 Å². The van der Waals surface area contributed by atoms with Crippen LogP contribution in [0.5, 0.6) is 0 Å². The van der Waals surface area contributed by atoms with Crippen LogP contribution >= 0.6 is 0 Å². The van der Waals surface area contributed by atoms with Gasteiger partial charge in [0.15, 0.2) is 0 Å². The Morgan fingerprint density at radius 1 is 1.00 bits per heavy atom. The van der Waals surface area contributed by atoms with E-state index in [1.54, 1.807) is 16.2 Å². The van der Waals surface area contributed by atoms with E-state index in [0.29, 0.717) is 0 Å². The van der Waals surface area contributed by atoms with Crippen molar-refractivity contribution in [3.63, 3.8) is 0 Å². The van der Waals surface area contributed by atoms with Crippen molar-refractivity contribution in [3.05, 3.63) is 58.8 Å². The predicted octanol–water partition coefficient (Wildman–Crippen LogP) is 2.29. The molecule has 0 fully saturated rings. The molecule has 1 unspecified atom stereocenters. The van der Waals surface area contributed by atoms with Crippen LogP contribution < -0.4 is 5.69 Å². The smallest absolute Gasteiger partial charge is 0.328 e. The SMILES string of the molecule is CC(c1ccc2c(c1)n(C)c(=O)n2C)n1cccc1. The van der Waals surface area contributed by atoms with Crippen LogP contribution in [0, 0.1) is 0 Å². The number of aryl methyl sites for hydroxylation is 2. The molecule has 19 heavy (non-hydrogen) atoms. The van der Waals surface area contributed by atoms with Crippen molar-refractivity contribution in [1.29, 1.82) is 0 Å². The maximum Gasteiger partial charge on any atom is 0.328 e. The maximum atomic E-state index is 11.9. The van der Waals surface area contributed by atoms with E-state index in [2.05, 4.69) is 36.0 Å². The minimum atomic E-state index is 0.0146. The zero-order valence-electron chi connectivity index (χ0n) is 11.4. The predicted molar refractivity (Wildman–Crippen MR) is 76.4 cm³/mol. The largest absolute Gasteiger partial charge is 0.347 e. The fraction of sp³-hybridized carbons (Fsp3) is 0.267. The van der Waals surface area contributed by atoms with Crippen LogP contribution in [0.4, 0.5) is 0 Å². The monoisotopic (exact) mass is 255 g/mol. The average molecular weight is 255 g/mol. The van der Waals surface area contributed by atoms with Gasteiger partial charge in [-0.1, -0.05) is 6.07 Å². The number of rotatable bonds is 2. The lowest BCUT2D eigenvalue weighted by Crippen LogP contribution is -2.19. The van der Waals surface area contributed by atoms with E-state index in [0.717, 1.165) is 11.0 Å². The van der Waals surface area contributed by atoms with Crippen LogP contribution in [-0.4, -0.2) is 13.7 Å². The van der Waals surface area contributed by atoms with Crippen LogP contribution in [-0.2, 0) is 14.1 Å². The number of imidazole rings is 1. The number of nitrogens with zero attached hydrogens (tertiary/aromatic N) is 3. The minimum Gasteiger partial charge on any atom is -0.347 e. The van der Waals surface area contributed by atoms with Crippen LogP contribution in [0.2, 0.25) is 0 Å². The number of benzene rings is 1. The zero-order valence-corrected chi connectivity index (χ0v) is 11.4. The Hall–Kier alpha value is -2.23.